The van der Waals surface area contributed by atoms with E-state index in [9.17, 15) is 0 Å². The van der Waals surface area contributed by atoms with Crippen LogP contribution in [-0.4, -0.2) is 13.7 Å². The lowest BCUT2D eigenvalue weighted by Gasteiger charge is -2.18. The topological polar surface area (TPSA) is 21.3 Å². The maximum absolute atomic E-state index is 5.52. The zero-order valence-corrected chi connectivity index (χ0v) is 13.8. The van der Waals surface area contributed by atoms with E-state index in [0.717, 1.165) is 10.2 Å². The Kier molecular flexibility index (Phi) is 5.02. The van der Waals surface area contributed by atoms with Crippen molar-refractivity contribution >= 4 is 27.3 Å². The summed E-state index contributed by atoms with van der Waals surface area (Å²) in [6.45, 7) is 4.83. The Morgan fingerprint density at radius 3 is 2.68 bits per heavy atom. The van der Waals surface area contributed by atoms with Crippen molar-refractivity contribution in [2.75, 3.05) is 13.7 Å². The van der Waals surface area contributed by atoms with Gasteiger partial charge in [-0.2, -0.15) is 0 Å². The highest BCUT2D eigenvalue weighted by Crippen LogP contribution is 2.34. The Labute approximate surface area is 126 Å². The number of hydrogen-bond acceptors (Lipinski definition) is 3. The van der Waals surface area contributed by atoms with Gasteiger partial charge in [-0.1, -0.05) is 22.0 Å². The number of ether oxygens (including phenoxy) is 1. The van der Waals surface area contributed by atoms with Gasteiger partial charge in [0.25, 0.3) is 0 Å². The molecule has 0 spiro atoms. The normalized spacial score (nSPS) is 12.4. The molecular weight excluding hydrogens is 322 g/mol. The first-order valence-electron chi connectivity index (χ1n) is 6.30. The Bertz CT molecular complexity index is 553. The fraction of sp³-hybridized carbons (Fsp3) is 0.333. The van der Waals surface area contributed by atoms with Gasteiger partial charge in [0.15, 0.2) is 0 Å². The molecule has 4 heteroatoms. The number of benzene rings is 1. The van der Waals surface area contributed by atoms with Crippen LogP contribution in [0.3, 0.4) is 0 Å². The summed E-state index contributed by atoms with van der Waals surface area (Å²) in [5.41, 5.74) is 2.56. The van der Waals surface area contributed by atoms with Gasteiger partial charge < -0.3 is 10.1 Å². The van der Waals surface area contributed by atoms with E-state index in [2.05, 4.69) is 45.7 Å². The molecule has 1 atom stereocenters. The molecule has 0 aliphatic carbocycles. The van der Waals surface area contributed by atoms with Crippen molar-refractivity contribution in [1.82, 2.24) is 5.32 Å². The largest absolute Gasteiger partial charge is 0.494 e. The summed E-state index contributed by atoms with van der Waals surface area (Å²) >= 11 is 5.44. The molecule has 2 nitrogen and oxygen atoms in total. The van der Waals surface area contributed by atoms with Crippen LogP contribution in [0.2, 0.25) is 0 Å². The molecule has 0 aliphatic rings. The number of halogens is 1. The van der Waals surface area contributed by atoms with Crippen molar-refractivity contribution < 1.29 is 4.74 Å². The SMILES string of the molecule is CCOc1ccc(C(NC)c2sccc2C)c(Br)c1. The van der Waals surface area contributed by atoms with E-state index in [1.165, 1.54) is 16.0 Å². The Morgan fingerprint density at radius 1 is 1.37 bits per heavy atom. The van der Waals surface area contributed by atoms with Crippen molar-refractivity contribution in [3.8, 4) is 5.75 Å². The van der Waals surface area contributed by atoms with Gasteiger partial charge in [-0.05, 0) is 55.6 Å². The lowest BCUT2D eigenvalue weighted by atomic mass is 10.0. The molecule has 0 saturated carbocycles. The molecule has 1 unspecified atom stereocenters. The molecule has 0 radical (unpaired) electrons. The first kappa shape index (κ1) is 14.6. The molecule has 19 heavy (non-hydrogen) atoms. The number of aryl methyl sites for hydroxylation is 1. The monoisotopic (exact) mass is 339 g/mol. The second kappa shape index (κ2) is 6.55. The highest BCUT2D eigenvalue weighted by atomic mass is 79.9. The third-order valence-corrected chi connectivity index (χ3v) is 4.82. The molecule has 0 amide bonds. The van der Waals surface area contributed by atoms with Gasteiger partial charge in [-0.3, -0.25) is 0 Å². The van der Waals surface area contributed by atoms with Crippen LogP contribution >= 0.6 is 27.3 Å². The van der Waals surface area contributed by atoms with Crippen molar-refractivity contribution in [2.24, 2.45) is 0 Å². The fourth-order valence-electron chi connectivity index (χ4n) is 2.11. The van der Waals surface area contributed by atoms with Crippen LogP contribution in [0.4, 0.5) is 0 Å². The molecule has 2 aromatic rings. The van der Waals surface area contributed by atoms with Crippen LogP contribution in [0.1, 0.15) is 29.0 Å². The average molecular weight is 340 g/mol. The van der Waals surface area contributed by atoms with E-state index >= 15 is 0 Å². The van der Waals surface area contributed by atoms with E-state index in [1.54, 1.807) is 11.3 Å². The van der Waals surface area contributed by atoms with Crippen LogP contribution in [0.5, 0.6) is 5.75 Å². The predicted molar refractivity (Wildman–Crippen MR) is 85.3 cm³/mol. The van der Waals surface area contributed by atoms with E-state index in [1.807, 2.05) is 26.1 Å². The molecule has 1 aromatic carbocycles. The fourth-order valence-corrected chi connectivity index (χ4v) is 3.75. The first-order chi connectivity index (χ1) is 9.17. The summed E-state index contributed by atoms with van der Waals surface area (Å²) in [6.07, 6.45) is 0. The average Bonchev–Trinajstić information content (AvgIpc) is 2.80. The second-order valence-corrected chi connectivity index (χ2v) is 6.11. The van der Waals surface area contributed by atoms with Gasteiger partial charge in [-0.25, -0.2) is 0 Å². The van der Waals surface area contributed by atoms with Crippen LogP contribution in [-0.2, 0) is 0 Å². The van der Waals surface area contributed by atoms with Gasteiger partial charge in [-0.15, -0.1) is 11.3 Å². The van der Waals surface area contributed by atoms with E-state index in [0.29, 0.717) is 6.61 Å². The van der Waals surface area contributed by atoms with Gasteiger partial charge in [0.05, 0.1) is 12.6 Å². The number of nitrogens with one attached hydrogen (secondary N) is 1. The van der Waals surface area contributed by atoms with Crippen molar-refractivity contribution in [3.05, 3.63) is 50.1 Å². The first-order valence-corrected chi connectivity index (χ1v) is 7.98. The Morgan fingerprint density at radius 2 is 2.16 bits per heavy atom. The summed E-state index contributed by atoms with van der Waals surface area (Å²) in [4.78, 5) is 1.35. The van der Waals surface area contributed by atoms with Gasteiger partial charge >= 0.3 is 0 Å². The molecule has 1 heterocycles. The molecule has 1 aromatic heterocycles. The number of hydrogen-bond donors (Lipinski definition) is 1. The summed E-state index contributed by atoms with van der Waals surface area (Å²) in [5.74, 6) is 0.899. The summed E-state index contributed by atoms with van der Waals surface area (Å²) in [7, 11) is 1.99. The van der Waals surface area contributed by atoms with E-state index in [-0.39, 0.29) is 6.04 Å². The van der Waals surface area contributed by atoms with E-state index < -0.39 is 0 Å². The lowest BCUT2D eigenvalue weighted by molar-refractivity contribution is 0.340. The van der Waals surface area contributed by atoms with Crippen molar-refractivity contribution in [1.29, 1.82) is 0 Å². The van der Waals surface area contributed by atoms with Gasteiger partial charge in [0.1, 0.15) is 5.75 Å². The van der Waals surface area contributed by atoms with Crippen LogP contribution in [0.15, 0.2) is 34.1 Å². The molecule has 1 N–H and O–H groups in total. The van der Waals surface area contributed by atoms with Crippen LogP contribution in [0, 0.1) is 6.92 Å². The minimum atomic E-state index is 0.213. The third-order valence-electron chi connectivity index (χ3n) is 3.05. The second-order valence-electron chi connectivity index (χ2n) is 4.31. The summed E-state index contributed by atoms with van der Waals surface area (Å²) in [5, 5.41) is 5.53. The standard InChI is InChI=1S/C15H18BrNOS/c1-4-18-11-5-6-12(13(16)9-11)14(17-3)15-10(2)7-8-19-15/h5-9,14,17H,4H2,1-3H3. The smallest absolute Gasteiger partial charge is 0.120 e. The maximum Gasteiger partial charge on any atom is 0.120 e. The molecule has 102 valence electrons. The number of thiophene rings is 1. The quantitative estimate of drug-likeness (QED) is 0.864. The van der Waals surface area contributed by atoms with Crippen LogP contribution < -0.4 is 10.1 Å². The molecule has 2 rings (SSSR count). The molecule has 0 saturated heterocycles. The zero-order chi connectivity index (χ0) is 13.8. The lowest BCUT2D eigenvalue weighted by Crippen LogP contribution is -2.17. The van der Waals surface area contributed by atoms with Crippen molar-refractivity contribution in [2.45, 2.75) is 19.9 Å². The highest BCUT2D eigenvalue weighted by Gasteiger charge is 2.18. The minimum Gasteiger partial charge on any atom is -0.494 e. The maximum atomic E-state index is 5.52. The number of rotatable bonds is 5. The van der Waals surface area contributed by atoms with E-state index in [4.69, 9.17) is 4.74 Å². The minimum absolute atomic E-state index is 0.213. The van der Waals surface area contributed by atoms with Crippen LogP contribution in [0.25, 0.3) is 0 Å². The molecular formula is C15H18BrNOS. The zero-order valence-electron chi connectivity index (χ0n) is 11.4. The Hall–Kier alpha value is -0.840. The van der Waals surface area contributed by atoms with Gasteiger partial charge in [0, 0.05) is 9.35 Å². The third kappa shape index (κ3) is 3.19. The Balaban J connectivity index is 2.36. The highest BCUT2D eigenvalue weighted by molar-refractivity contribution is 9.10. The summed E-state index contributed by atoms with van der Waals surface area (Å²) < 4.78 is 6.60. The molecule has 0 fully saturated rings. The van der Waals surface area contributed by atoms with Crippen molar-refractivity contribution in [3.63, 3.8) is 0 Å². The molecule has 0 bridgehead atoms. The summed E-state index contributed by atoms with van der Waals surface area (Å²) in [6, 6.07) is 8.55. The predicted octanol–water partition coefficient (Wildman–Crippen LogP) is 4.53. The molecule has 0 aliphatic heterocycles. The van der Waals surface area contributed by atoms with Gasteiger partial charge in [0.2, 0.25) is 0 Å².